The standard InChI is InChI=1S/C28H24Cl2N2O4/c1-4-36-25-14-19(13-24(30)22(25)11-18-9-16(2)8-17(3)10-18)12-23-26(33)31-28(35)32(27(23)34)21-7-5-6-20(29)15-21/h5-10,12-15H,4,11H2,1-3H3,(H,31,33,35)/b23-12+. The first-order valence-corrected chi connectivity index (χ1v) is 12.1. The molecule has 0 unspecified atom stereocenters. The number of rotatable bonds is 6. The maximum atomic E-state index is 13.2. The summed E-state index contributed by atoms with van der Waals surface area (Å²) < 4.78 is 5.88. The lowest BCUT2D eigenvalue weighted by molar-refractivity contribution is -0.122. The zero-order chi connectivity index (χ0) is 26.0. The van der Waals surface area contributed by atoms with Gasteiger partial charge in [0.2, 0.25) is 0 Å². The number of barbiturate groups is 1. The number of hydrogen-bond acceptors (Lipinski definition) is 4. The normalized spacial score (nSPS) is 14.9. The molecule has 8 heteroatoms. The summed E-state index contributed by atoms with van der Waals surface area (Å²) in [5.41, 5.74) is 4.74. The van der Waals surface area contributed by atoms with Gasteiger partial charge in [0.05, 0.1) is 12.3 Å². The minimum atomic E-state index is -0.846. The molecule has 184 valence electrons. The Bertz CT molecular complexity index is 1390. The fraction of sp³-hybridized carbons (Fsp3) is 0.179. The van der Waals surface area contributed by atoms with Gasteiger partial charge in [-0.15, -0.1) is 0 Å². The van der Waals surface area contributed by atoms with Crippen molar-refractivity contribution in [1.82, 2.24) is 5.32 Å². The topological polar surface area (TPSA) is 75.7 Å². The number of nitrogens with zero attached hydrogens (tertiary/aromatic N) is 1. The number of halogens is 2. The van der Waals surface area contributed by atoms with Crippen molar-refractivity contribution in [2.45, 2.75) is 27.2 Å². The van der Waals surface area contributed by atoms with Crippen molar-refractivity contribution in [2.24, 2.45) is 0 Å². The SMILES string of the molecule is CCOc1cc(/C=C2\C(=O)NC(=O)N(c3cccc(Cl)c3)C2=O)cc(Cl)c1Cc1cc(C)cc(C)c1. The summed E-state index contributed by atoms with van der Waals surface area (Å²) in [6.45, 7) is 6.36. The highest BCUT2D eigenvalue weighted by atomic mass is 35.5. The van der Waals surface area contributed by atoms with Crippen LogP contribution in [0, 0.1) is 13.8 Å². The number of urea groups is 1. The van der Waals surface area contributed by atoms with Gasteiger partial charge in [0, 0.05) is 22.0 Å². The average molecular weight is 523 g/mol. The average Bonchev–Trinajstić information content (AvgIpc) is 2.78. The largest absolute Gasteiger partial charge is 0.494 e. The van der Waals surface area contributed by atoms with Gasteiger partial charge in [-0.3, -0.25) is 14.9 Å². The van der Waals surface area contributed by atoms with Crippen LogP contribution in [-0.2, 0) is 16.0 Å². The van der Waals surface area contributed by atoms with Crippen LogP contribution in [0.25, 0.3) is 6.08 Å². The first-order chi connectivity index (χ1) is 17.2. The Kier molecular flexibility index (Phi) is 7.48. The summed E-state index contributed by atoms with van der Waals surface area (Å²) in [5, 5.41) is 3.00. The molecular formula is C28H24Cl2N2O4. The van der Waals surface area contributed by atoms with Gasteiger partial charge < -0.3 is 4.74 Å². The molecule has 3 aromatic rings. The van der Waals surface area contributed by atoms with Crippen LogP contribution in [0.5, 0.6) is 5.75 Å². The van der Waals surface area contributed by atoms with Gasteiger partial charge >= 0.3 is 6.03 Å². The van der Waals surface area contributed by atoms with E-state index in [1.54, 1.807) is 30.3 Å². The van der Waals surface area contributed by atoms with E-state index in [1.807, 2.05) is 20.8 Å². The summed E-state index contributed by atoms with van der Waals surface area (Å²) in [6, 6.07) is 15.1. The van der Waals surface area contributed by atoms with E-state index in [2.05, 4.69) is 23.5 Å². The molecule has 0 aliphatic carbocycles. The summed E-state index contributed by atoms with van der Waals surface area (Å²) >= 11 is 12.7. The molecule has 4 amide bonds. The first kappa shape index (κ1) is 25.5. The van der Waals surface area contributed by atoms with Crippen molar-refractivity contribution >= 4 is 52.8 Å². The zero-order valence-corrected chi connectivity index (χ0v) is 21.5. The molecule has 1 saturated heterocycles. The zero-order valence-electron chi connectivity index (χ0n) is 20.0. The quantitative estimate of drug-likeness (QED) is 0.306. The van der Waals surface area contributed by atoms with E-state index < -0.39 is 17.8 Å². The molecule has 0 radical (unpaired) electrons. The van der Waals surface area contributed by atoms with Gasteiger partial charge in [0.25, 0.3) is 11.8 Å². The molecule has 1 fully saturated rings. The molecule has 1 heterocycles. The Hall–Kier alpha value is -3.61. The van der Waals surface area contributed by atoms with Gasteiger partial charge in [-0.05, 0) is 68.3 Å². The lowest BCUT2D eigenvalue weighted by atomic mass is 9.98. The molecule has 6 nitrogen and oxygen atoms in total. The van der Waals surface area contributed by atoms with Crippen LogP contribution in [0.2, 0.25) is 10.0 Å². The third-order valence-electron chi connectivity index (χ3n) is 5.62. The number of carbonyl (C=O) groups is 3. The van der Waals surface area contributed by atoms with Gasteiger partial charge in [-0.1, -0.05) is 58.6 Å². The summed E-state index contributed by atoms with van der Waals surface area (Å²) in [4.78, 5) is 39.1. The van der Waals surface area contributed by atoms with Crippen molar-refractivity contribution < 1.29 is 19.1 Å². The number of aryl methyl sites for hydroxylation is 2. The number of nitrogens with one attached hydrogen (secondary N) is 1. The molecule has 3 aromatic carbocycles. The van der Waals surface area contributed by atoms with Crippen LogP contribution in [0.1, 0.15) is 34.7 Å². The minimum Gasteiger partial charge on any atom is -0.494 e. The van der Waals surface area contributed by atoms with Gasteiger partial charge in [-0.2, -0.15) is 0 Å². The number of carbonyl (C=O) groups excluding carboxylic acids is 3. The van der Waals surface area contributed by atoms with Crippen molar-refractivity contribution in [2.75, 3.05) is 11.5 Å². The molecule has 1 aliphatic rings. The molecule has 0 aromatic heterocycles. The summed E-state index contributed by atoms with van der Waals surface area (Å²) in [5.74, 6) is -1.00. The van der Waals surface area contributed by atoms with Crippen LogP contribution in [0.15, 0.2) is 60.2 Å². The highest BCUT2D eigenvalue weighted by Crippen LogP contribution is 2.33. The number of hydrogen-bond donors (Lipinski definition) is 1. The maximum absolute atomic E-state index is 13.2. The Balaban J connectivity index is 1.73. The maximum Gasteiger partial charge on any atom is 0.335 e. The van der Waals surface area contributed by atoms with E-state index in [-0.39, 0.29) is 11.3 Å². The lowest BCUT2D eigenvalue weighted by Crippen LogP contribution is -2.54. The van der Waals surface area contributed by atoms with Gasteiger partial charge in [0.15, 0.2) is 0 Å². The predicted octanol–water partition coefficient (Wildman–Crippen LogP) is 6.27. The third-order valence-corrected chi connectivity index (χ3v) is 6.19. The second-order valence-corrected chi connectivity index (χ2v) is 9.37. The van der Waals surface area contributed by atoms with Crippen LogP contribution in [0.3, 0.4) is 0 Å². The fourth-order valence-electron chi connectivity index (χ4n) is 4.22. The molecule has 1 N–H and O–H groups in total. The van der Waals surface area contributed by atoms with Crippen molar-refractivity contribution in [3.63, 3.8) is 0 Å². The van der Waals surface area contributed by atoms with E-state index in [1.165, 1.54) is 12.1 Å². The number of imide groups is 2. The monoisotopic (exact) mass is 522 g/mol. The Labute approximate surface area is 219 Å². The van der Waals surface area contributed by atoms with Gasteiger partial charge in [0.1, 0.15) is 11.3 Å². The molecular weight excluding hydrogens is 499 g/mol. The molecule has 0 bridgehead atoms. The van der Waals surface area contributed by atoms with Crippen LogP contribution in [0.4, 0.5) is 10.5 Å². The molecule has 4 rings (SSSR count). The Morgan fingerprint density at radius 2 is 1.69 bits per heavy atom. The third kappa shape index (κ3) is 5.45. The van der Waals surface area contributed by atoms with Crippen molar-refractivity contribution in [3.05, 3.63) is 98.0 Å². The van der Waals surface area contributed by atoms with E-state index >= 15 is 0 Å². The van der Waals surface area contributed by atoms with E-state index in [0.717, 1.165) is 27.2 Å². The molecule has 0 saturated carbocycles. The summed E-state index contributed by atoms with van der Waals surface area (Å²) in [6.07, 6.45) is 1.96. The first-order valence-electron chi connectivity index (χ1n) is 11.4. The highest BCUT2D eigenvalue weighted by molar-refractivity contribution is 6.39. The Morgan fingerprint density at radius 1 is 0.972 bits per heavy atom. The molecule has 1 aliphatic heterocycles. The van der Waals surface area contributed by atoms with Crippen molar-refractivity contribution in [3.8, 4) is 5.75 Å². The van der Waals surface area contributed by atoms with Crippen molar-refractivity contribution in [1.29, 1.82) is 0 Å². The molecule has 0 spiro atoms. The van der Waals surface area contributed by atoms with Crippen LogP contribution < -0.4 is 15.0 Å². The number of benzene rings is 3. The fourth-order valence-corrected chi connectivity index (χ4v) is 4.69. The van der Waals surface area contributed by atoms with Crippen LogP contribution >= 0.6 is 23.2 Å². The second-order valence-electron chi connectivity index (χ2n) is 8.52. The van der Waals surface area contributed by atoms with E-state index in [4.69, 9.17) is 27.9 Å². The molecule has 0 atom stereocenters. The predicted molar refractivity (Wildman–Crippen MR) is 142 cm³/mol. The minimum absolute atomic E-state index is 0.213. The smallest absolute Gasteiger partial charge is 0.335 e. The lowest BCUT2D eigenvalue weighted by Gasteiger charge is -2.26. The number of ether oxygens (including phenoxy) is 1. The Morgan fingerprint density at radius 3 is 2.36 bits per heavy atom. The van der Waals surface area contributed by atoms with E-state index in [0.29, 0.717) is 34.4 Å². The number of amides is 4. The van der Waals surface area contributed by atoms with Gasteiger partial charge in [-0.25, -0.2) is 9.69 Å². The molecule has 36 heavy (non-hydrogen) atoms. The van der Waals surface area contributed by atoms with E-state index in [9.17, 15) is 14.4 Å². The highest BCUT2D eigenvalue weighted by Gasteiger charge is 2.37. The summed E-state index contributed by atoms with van der Waals surface area (Å²) in [7, 11) is 0. The number of anilines is 1. The second kappa shape index (κ2) is 10.6. The van der Waals surface area contributed by atoms with Crippen LogP contribution in [-0.4, -0.2) is 24.5 Å².